The molecule has 2 aromatic rings. The van der Waals surface area contributed by atoms with Gasteiger partial charge < -0.3 is 15.2 Å². The molecule has 0 aromatic heterocycles. The summed E-state index contributed by atoms with van der Waals surface area (Å²) in [6.07, 6.45) is 0. The molecule has 110 valence electrons. The van der Waals surface area contributed by atoms with E-state index in [0.29, 0.717) is 17.7 Å². The first kappa shape index (κ1) is 14.8. The molecule has 2 N–H and O–H groups in total. The Bertz CT molecular complexity index is 671. The molecule has 0 radical (unpaired) electrons. The van der Waals surface area contributed by atoms with E-state index in [4.69, 9.17) is 5.11 Å². The second kappa shape index (κ2) is 6.26. The molecule has 0 heterocycles. The lowest BCUT2D eigenvalue weighted by molar-refractivity contribution is 0.0600. The van der Waals surface area contributed by atoms with Crippen molar-refractivity contribution in [1.29, 1.82) is 0 Å². The Hall–Kier alpha value is -2.56. The number of ether oxygens (including phenoxy) is 1. The quantitative estimate of drug-likeness (QED) is 0.848. The number of carbonyl (C=O) groups excluding carboxylic acids is 1. The number of nitrogens with one attached hydrogen (secondary N) is 1. The molecule has 0 aliphatic carbocycles. The van der Waals surface area contributed by atoms with E-state index >= 15 is 0 Å². The molecular weight excluding hydrogens is 273 g/mol. The van der Waals surface area contributed by atoms with Gasteiger partial charge in [0.1, 0.15) is 0 Å². The second-order valence-electron chi connectivity index (χ2n) is 4.66. The van der Waals surface area contributed by atoms with Crippen molar-refractivity contribution in [3.63, 3.8) is 0 Å². The largest absolute Gasteiger partial charge is 0.505 e. The van der Waals surface area contributed by atoms with Crippen molar-refractivity contribution in [1.82, 2.24) is 0 Å². The van der Waals surface area contributed by atoms with Crippen molar-refractivity contribution in [3.8, 4) is 5.75 Å². The van der Waals surface area contributed by atoms with Crippen molar-refractivity contribution in [2.45, 2.75) is 13.5 Å². The summed E-state index contributed by atoms with van der Waals surface area (Å²) < 4.78 is 17.9. The van der Waals surface area contributed by atoms with E-state index in [2.05, 4.69) is 10.1 Å². The van der Waals surface area contributed by atoms with Crippen molar-refractivity contribution >= 4 is 11.7 Å². The first-order chi connectivity index (χ1) is 10.0. The summed E-state index contributed by atoms with van der Waals surface area (Å²) in [4.78, 5) is 11.4. The highest BCUT2D eigenvalue weighted by atomic mass is 19.1. The van der Waals surface area contributed by atoms with Gasteiger partial charge in [-0.25, -0.2) is 9.18 Å². The van der Waals surface area contributed by atoms with Crippen molar-refractivity contribution in [2.75, 3.05) is 12.4 Å². The molecular formula is C16H16FNO3. The summed E-state index contributed by atoms with van der Waals surface area (Å²) in [5.74, 6) is -1.39. The van der Waals surface area contributed by atoms with Gasteiger partial charge in [-0.3, -0.25) is 0 Å². The van der Waals surface area contributed by atoms with Gasteiger partial charge in [0.2, 0.25) is 0 Å². The third-order valence-electron chi connectivity index (χ3n) is 3.14. The first-order valence-electron chi connectivity index (χ1n) is 6.41. The van der Waals surface area contributed by atoms with Crippen LogP contribution in [0.2, 0.25) is 0 Å². The lowest BCUT2D eigenvalue weighted by Gasteiger charge is -2.11. The molecule has 0 atom stereocenters. The first-order valence-corrected chi connectivity index (χ1v) is 6.41. The zero-order chi connectivity index (χ0) is 15.4. The third kappa shape index (κ3) is 3.51. The summed E-state index contributed by atoms with van der Waals surface area (Å²) in [6.45, 7) is 2.28. The number of methoxy groups -OCH3 is 1. The molecule has 0 aliphatic rings. The Morgan fingerprint density at radius 3 is 2.67 bits per heavy atom. The average molecular weight is 289 g/mol. The molecule has 0 saturated carbocycles. The topological polar surface area (TPSA) is 58.6 Å². The van der Waals surface area contributed by atoms with Gasteiger partial charge in [0.05, 0.1) is 12.7 Å². The molecule has 0 bridgehead atoms. The fourth-order valence-electron chi connectivity index (χ4n) is 1.96. The van der Waals surface area contributed by atoms with Gasteiger partial charge in [-0.15, -0.1) is 0 Å². The number of benzene rings is 2. The highest BCUT2D eigenvalue weighted by Crippen LogP contribution is 2.20. The maximum absolute atomic E-state index is 13.2. The third-order valence-corrected chi connectivity index (χ3v) is 3.14. The molecule has 4 nitrogen and oxygen atoms in total. The number of hydrogen-bond donors (Lipinski definition) is 2. The fraction of sp³-hybridized carbons (Fsp3) is 0.188. The Morgan fingerprint density at radius 2 is 2.05 bits per heavy atom. The van der Waals surface area contributed by atoms with E-state index in [9.17, 15) is 9.18 Å². The number of phenols is 1. The molecule has 0 saturated heterocycles. The summed E-state index contributed by atoms with van der Waals surface area (Å²) in [5.41, 5.74) is 2.92. The van der Waals surface area contributed by atoms with Crippen molar-refractivity contribution in [3.05, 3.63) is 58.9 Å². The van der Waals surface area contributed by atoms with Gasteiger partial charge >= 0.3 is 5.97 Å². The molecule has 2 rings (SSSR count). The Balaban J connectivity index is 2.09. The van der Waals surface area contributed by atoms with Crippen molar-refractivity contribution < 1.29 is 19.0 Å². The molecule has 0 fully saturated rings. The Labute approximate surface area is 122 Å². The molecule has 0 unspecified atom stereocenters. The van der Waals surface area contributed by atoms with Crippen molar-refractivity contribution in [2.24, 2.45) is 0 Å². The number of esters is 1. The minimum atomic E-state index is -0.646. The lowest BCUT2D eigenvalue weighted by Crippen LogP contribution is -2.05. The van der Waals surface area contributed by atoms with E-state index in [1.54, 1.807) is 24.3 Å². The highest BCUT2D eigenvalue weighted by molar-refractivity contribution is 5.90. The van der Waals surface area contributed by atoms with E-state index in [-0.39, 0.29) is 11.7 Å². The minimum absolute atomic E-state index is 0.364. The number of rotatable bonds is 4. The van der Waals surface area contributed by atoms with Crippen LogP contribution in [0.15, 0.2) is 36.4 Å². The van der Waals surface area contributed by atoms with Crippen LogP contribution in [0.3, 0.4) is 0 Å². The number of phenolic OH excluding ortho intramolecular Hbond substituents is 1. The monoisotopic (exact) mass is 289 g/mol. The van der Waals surface area contributed by atoms with E-state index in [1.807, 2.05) is 6.92 Å². The normalized spacial score (nSPS) is 10.2. The number of aryl methyl sites for hydroxylation is 1. The zero-order valence-electron chi connectivity index (χ0n) is 11.8. The van der Waals surface area contributed by atoms with Gasteiger partial charge in [0, 0.05) is 12.2 Å². The summed E-state index contributed by atoms with van der Waals surface area (Å²) >= 11 is 0. The van der Waals surface area contributed by atoms with E-state index in [0.717, 1.165) is 11.3 Å². The second-order valence-corrected chi connectivity index (χ2v) is 4.66. The van der Waals surface area contributed by atoms with Crippen LogP contribution in [0.5, 0.6) is 5.75 Å². The molecule has 0 aliphatic heterocycles. The predicted octanol–water partition coefficient (Wildman–Crippen LogP) is 3.24. The van der Waals surface area contributed by atoms with Gasteiger partial charge in [0.25, 0.3) is 0 Å². The Morgan fingerprint density at radius 1 is 1.29 bits per heavy atom. The minimum Gasteiger partial charge on any atom is -0.505 e. The number of hydrogen-bond acceptors (Lipinski definition) is 4. The SMILES string of the molecule is COC(=O)c1ccc(NCc2ccc(O)c(F)c2)c(C)c1. The highest BCUT2D eigenvalue weighted by Gasteiger charge is 2.08. The molecule has 0 spiro atoms. The maximum atomic E-state index is 13.2. The number of halogens is 1. The fourth-order valence-corrected chi connectivity index (χ4v) is 1.96. The molecule has 0 amide bonds. The summed E-state index contributed by atoms with van der Waals surface area (Å²) in [6, 6.07) is 9.41. The molecule has 21 heavy (non-hydrogen) atoms. The molecule has 2 aromatic carbocycles. The number of anilines is 1. The standard InChI is InChI=1S/C16H16FNO3/c1-10-7-12(16(20)21-2)4-5-14(10)18-9-11-3-6-15(19)13(17)8-11/h3-8,18-19H,9H2,1-2H3. The van der Waals surface area contributed by atoms with Crippen LogP contribution in [-0.4, -0.2) is 18.2 Å². The molecule has 5 heteroatoms. The van der Waals surface area contributed by atoms with Crippen LogP contribution >= 0.6 is 0 Å². The van der Waals surface area contributed by atoms with Gasteiger partial charge in [0.15, 0.2) is 11.6 Å². The smallest absolute Gasteiger partial charge is 0.337 e. The van der Waals surface area contributed by atoms with Crippen LogP contribution in [0.4, 0.5) is 10.1 Å². The van der Waals surface area contributed by atoms with Gasteiger partial charge in [-0.05, 0) is 48.4 Å². The van der Waals surface area contributed by atoms with Crippen LogP contribution < -0.4 is 5.32 Å². The van der Waals surface area contributed by atoms with Crippen LogP contribution in [0.25, 0.3) is 0 Å². The van der Waals surface area contributed by atoms with Crippen LogP contribution in [-0.2, 0) is 11.3 Å². The van der Waals surface area contributed by atoms with E-state index in [1.165, 1.54) is 19.2 Å². The maximum Gasteiger partial charge on any atom is 0.337 e. The number of aromatic hydroxyl groups is 1. The predicted molar refractivity (Wildman–Crippen MR) is 77.9 cm³/mol. The summed E-state index contributed by atoms with van der Waals surface area (Å²) in [5, 5.41) is 12.3. The van der Waals surface area contributed by atoms with Crippen LogP contribution in [0.1, 0.15) is 21.5 Å². The van der Waals surface area contributed by atoms with Crippen LogP contribution in [0, 0.1) is 12.7 Å². The average Bonchev–Trinajstić information content (AvgIpc) is 2.48. The zero-order valence-corrected chi connectivity index (χ0v) is 11.8. The lowest BCUT2D eigenvalue weighted by atomic mass is 10.1. The Kier molecular flexibility index (Phi) is 4.42. The van der Waals surface area contributed by atoms with Gasteiger partial charge in [-0.2, -0.15) is 0 Å². The summed E-state index contributed by atoms with van der Waals surface area (Å²) in [7, 11) is 1.34. The van der Waals surface area contributed by atoms with E-state index < -0.39 is 5.82 Å². The van der Waals surface area contributed by atoms with Gasteiger partial charge in [-0.1, -0.05) is 6.07 Å². The number of carbonyl (C=O) groups is 1.